The molecule has 26 heavy (non-hydrogen) atoms. The Morgan fingerprint density at radius 2 is 1.65 bits per heavy atom. The van der Waals surface area contributed by atoms with Gasteiger partial charge in [-0.3, -0.25) is 0 Å². The number of amides is 2. The maximum Gasteiger partial charge on any atom is 0.315 e. The second-order valence-corrected chi connectivity index (χ2v) is 5.63. The van der Waals surface area contributed by atoms with Crippen molar-refractivity contribution in [3.63, 3.8) is 0 Å². The van der Waals surface area contributed by atoms with Crippen molar-refractivity contribution in [1.29, 1.82) is 0 Å². The largest absolute Gasteiger partial charge is 0.497 e. The Morgan fingerprint density at radius 1 is 0.923 bits per heavy atom. The van der Waals surface area contributed by atoms with Crippen molar-refractivity contribution in [2.45, 2.75) is 19.9 Å². The molecule has 0 saturated carbocycles. The smallest absolute Gasteiger partial charge is 0.315 e. The third kappa shape index (κ3) is 5.88. The van der Waals surface area contributed by atoms with Crippen LogP contribution in [-0.2, 0) is 13.0 Å². The van der Waals surface area contributed by atoms with Crippen molar-refractivity contribution in [2.24, 2.45) is 0 Å². The number of carbonyl (C=O) groups is 1. The molecule has 140 valence electrons. The van der Waals surface area contributed by atoms with Crippen LogP contribution < -0.4 is 24.8 Å². The van der Waals surface area contributed by atoms with Crippen LogP contribution in [0, 0.1) is 0 Å². The maximum absolute atomic E-state index is 11.9. The lowest BCUT2D eigenvalue weighted by Gasteiger charge is -2.12. The van der Waals surface area contributed by atoms with Crippen molar-refractivity contribution >= 4 is 6.03 Å². The van der Waals surface area contributed by atoms with Crippen molar-refractivity contribution in [3.05, 3.63) is 53.6 Å². The van der Waals surface area contributed by atoms with Crippen molar-refractivity contribution in [1.82, 2.24) is 10.6 Å². The molecule has 0 radical (unpaired) electrons. The average molecular weight is 358 g/mol. The van der Waals surface area contributed by atoms with Crippen LogP contribution in [-0.4, -0.2) is 33.4 Å². The van der Waals surface area contributed by atoms with E-state index in [1.165, 1.54) is 0 Å². The zero-order chi connectivity index (χ0) is 18.8. The fraction of sp³-hybridized carbons (Fsp3) is 0.350. The predicted molar refractivity (Wildman–Crippen MR) is 101 cm³/mol. The lowest BCUT2D eigenvalue weighted by Crippen LogP contribution is -2.36. The minimum Gasteiger partial charge on any atom is -0.497 e. The van der Waals surface area contributed by atoms with Gasteiger partial charge in [0, 0.05) is 13.1 Å². The molecule has 2 amide bonds. The topological polar surface area (TPSA) is 68.8 Å². The van der Waals surface area contributed by atoms with Gasteiger partial charge in [-0.1, -0.05) is 18.2 Å². The van der Waals surface area contributed by atoms with Crippen LogP contribution in [0.4, 0.5) is 4.79 Å². The van der Waals surface area contributed by atoms with Gasteiger partial charge in [-0.15, -0.1) is 0 Å². The van der Waals surface area contributed by atoms with E-state index >= 15 is 0 Å². The van der Waals surface area contributed by atoms with Crippen LogP contribution in [0.25, 0.3) is 0 Å². The van der Waals surface area contributed by atoms with Crippen LogP contribution in [0.2, 0.25) is 0 Å². The van der Waals surface area contributed by atoms with Gasteiger partial charge in [0.05, 0.1) is 20.8 Å². The fourth-order valence-electron chi connectivity index (χ4n) is 2.45. The highest BCUT2D eigenvalue weighted by atomic mass is 16.5. The molecule has 0 spiro atoms. The van der Waals surface area contributed by atoms with Crippen LogP contribution in [0.15, 0.2) is 42.5 Å². The Hall–Kier alpha value is -2.89. The number of methoxy groups -OCH3 is 2. The first-order chi connectivity index (χ1) is 12.7. The summed E-state index contributed by atoms with van der Waals surface area (Å²) in [5, 5.41) is 5.69. The summed E-state index contributed by atoms with van der Waals surface area (Å²) in [6.45, 7) is 3.52. The molecule has 0 aliphatic carbocycles. The molecule has 0 unspecified atom stereocenters. The SMILES string of the molecule is CCOc1ccc(CCNC(=O)NCc2ccc(OC)cc2)cc1OC. The average Bonchev–Trinajstić information content (AvgIpc) is 2.68. The molecule has 2 rings (SSSR count). The molecule has 0 atom stereocenters. The third-order valence-electron chi connectivity index (χ3n) is 3.84. The minimum atomic E-state index is -0.196. The van der Waals surface area contributed by atoms with E-state index in [0.717, 1.165) is 22.6 Å². The second kappa shape index (κ2) is 10.2. The monoisotopic (exact) mass is 358 g/mol. The van der Waals surface area contributed by atoms with Crippen LogP contribution in [0.1, 0.15) is 18.1 Å². The fourth-order valence-corrected chi connectivity index (χ4v) is 2.45. The number of urea groups is 1. The number of ether oxygens (including phenoxy) is 3. The molecular formula is C20H26N2O4. The Labute approximate surface area is 154 Å². The summed E-state index contributed by atoms with van der Waals surface area (Å²) in [7, 11) is 3.24. The highest BCUT2D eigenvalue weighted by Gasteiger charge is 2.06. The molecule has 0 aromatic heterocycles. The molecule has 2 aromatic carbocycles. The molecule has 6 nitrogen and oxygen atoms in total. The van der Waals surface area contributed by atoms with E-state index in [0.29, 0.717) is 31.9 Å². The first-order valence-electron chi connectivity index (χ1n) is 8.60. The lowest BCUT2D eigenvalue weighted by atomic mass is 10.1. The second-order valence-electron chi connectivity index (χ2n) is 5.63. The van der Waals surface area contributed by atoms with Crippen molar-refractivity contribution in [3.8, 4) is 17.2 Å². The van der Waals surface area contributed by atoms with Crippen molar-refractivity contribution in [2.75, 3.05) is 27.4 Å². The van der Waals surface area contributed by atoms with E-state index < -0.39 is 0 Å². The van der Waals surface area contributed by atoms with E-state index in [2.05, 4.69) is 10.6 Å². The Balaban J connectivity index is 1.75. The number of hydrogen-bond acceptors (Lipinski definition) is 4. The number of benzene rings is 2. The van der Waals surface area contributed by atoms with Gasteiger partial charge in [0.2, 0.25) is 0 Å². The summed E-state index contributed by atoms with van der Waals surface area (Å²) in [4.78, 5) is 11.9. The molecule has 0 aliphatic rings. The molecule has 0 aliphatic heterocycles. The Bertz CT molecular complexity index is 701. The molecule has 6 heteroatoms. The highest BCUT2D eigenvalue weighted by Crippen LogP contribution is 2.28. The standard InChI is InChI=1S/C20H26N2O4/c1-4-26-18-10-7-15(13-19(18)25-3)11-12-21-20(23)22-14-16-5-8-17(24-2)9-6-16/h5-10,13H,4,11-12,14H2,1-3H3,(H2,21,22,23). The molecule has 0 bridgehead atoms. The van der Waals surface area contributed by atoms with Gasteiger partial charge in [-0.2, -0.15) is 0 Å². The van der Waals surface area contributed by atoms with E-state index in [1.54, 1.807) is 14.2 Å². The summed E-state index contributed by atoms with van der Waals surface area (Å²) in [6.07, 6.45) is 0.707. The Kier molecular flexibility index (Phi) is 7.61. The summed E-state index contributed by atoms with van der Waals surface area (Å²) in [5.41, 5.74) is 2.08. The summed E-state index contributed by atoms with van der Waals surface area (Å²) in [5.74, 6) is 2.22. The Morgan fingerprint density at radius 3 is 2.31 bits per heavy atom. The van der Waals surface area contributed by atoms with Gasteiger partial charge in [0.25, 0.3) is 0 Å². The number of carbonyl (C=O) groups excluding carboxylic acids is 1. The van der Waals surface area contributed by atoms with Crippen LogP contribution in [0.5, 0.6) is 17.2 Å². The van der Waals surface area contributed by atoms with E-state index in [1.807, 2.05) is 49.4 Å². The summed E-state index contributed by atoms with van der Waals surface area (Å²) >= 11 is 0. The first kappa shape index (κ1) is 19.4. The molecule has 0 heterocycles. The van der Waals surface area contributed by atoms with E-state index in [4.69, 9.17) is 14.2 Å². The number of hydrogen-bond donors (Lipinski definition) is 2. The molecule has 0 saturated heterocycles. The zero-order valence-corrected chi connectivity index (χ0v) is 15.5. The number of rotatable bonds is 9. The van der Waals surface area contributed by atoms with Gasteiger partial charge >= 0.3 is 6.03 Å². The minimum absolute atomic E-state index is 0.196. The van der Waals surface area contributed by atoms with Gasteiger partial charge < -0.3 is 24.8 Å². The lowest BCUT2D eigenvalue weighted by molar-refractivity contribution is 0.240. The van der Waals surface area contributed by atoms with E-state index in [-0.39, 0.29) is 6.03 Å². The zero-order valence-electron chi connectivity index (χ0n) is 15.5. The third-order valence-corrected chi connectivity index (χ3v) is 3.84. The van der Waals surface area contributed by atoms with E-state index in [9.17, 15) is 4.79 Å². The number of nitrogens with one attached hydrogen (secondary N) is 2. The predicted octanol–water partition coefficient (Wildman–Crippen LogP) is 3.14. The maximum atomic E-state index is 11.9. The highest BCUT2D eigenvalue weighted by molar-refractivity contribution is 5.73. The van der Waals surface area contributed by atoms with Crippen LogP contribution >= 0.6 is 0 Å². The molecule has 2 N–H and O–H groups in total. The van der Waals surface area contributed by atoms with Gasteiger partial charge in [-0.25, -0.2) is 4.79 Å². The van der Waals surface area contributed by atoms with Crippen molar-refractivity contribution < 1.29 is 19.0 Å². The first-order valence-corrected chi connectivity index (χ1v) is 8.60. The quantitative estimate of drug-likeness (QED) is 0.723. The van der Waals surface area contributed by atoms with Gasteiger partial charge in [0.1, 0.15) is 5.75 Å². The van der Waals surface area contributed by atoms with Gasteiger partial charge in [-0.05, 0) is 48.7 Å². The molecule has 0 fully saturated rings. The molecular weight excluding hydrogens is 332 g/mol. The van der Waals surface area contributed by atoms with Crippen LogP contribution in [0.3, 0.4) is 0 Å². The summed E-state index contributed by atoms with van der Waals surface area (Å²) < 4.78 is 15.9. The normalized spacial score (nSPS) is 10.1. The summed E-state index contributed by atoms with van der Waals surface area (Å²) in [6, 6.07) is 13.2. The van der Waals surface area contributed by atoms with Gasteiger partial charge in [0.15, 0.2) is 11.5 Å². The molecule has 2 aromatic rings.